The van der Waals surface area contributed by atoms with Crippen molar-refractivity contribution in [1.29, 1.82) is 0 Å². The Hall–Kier alpha value is -1.92. The van der Waals surface area contributed by atoms with Crippen LogP contribution in [0.1, 0.15) is 44.1 Å². The van der Waals surface area contributed by atoms with Crippen molar-refractivity contribution in [1.82, 2.24) is 0 Å². The van der Waals surface area contributed by atoms with E-state index in [1.54, 1.807) is 38.1 Å². The number of carbonyl (C=O) groups is 2. The maximum Gasteiger partial charge on any atom is 0.309 e. The topological polar surface area (TPSA) is 93.1 Å². The fraction of sp³-hybridized carbons (Fsp3) is 0.529. The van der Waals surface area contributed by atoms with Crippen LogP contribution in [0.4, 0.5) is 0 Å². The van der Waals surface area contributed by atoms with Crippen LogP contribution in [0.15, 0.2) is 24.3 Å². The summed E-state index contributed by atoms with van der Waals surface area (Å²) >= 11 is 0. The number of carboxylic acids is 1. The highest BCUT2D eigenvalue weighted by Gasteiger charge is 2.21. The third kappa shape index (κ3) is 6.80. The molecule has 0 radical (unpaired) electrons. The van der Waals surface area contributed by atoms with Crippen molar-refractivity contribution < 1.29 is 29.3 Å². The second kappa shape index (κ2) is 9.97. The molecule has 128 valence electrons. The van der Waals surface area contributed by atoms with Crippen LogP contribution in [0.25, 0.3) is 0 Å². The normalized spacial score (nSPS) is 13.3. The molecule has 0 aliphatic carbocycles. The van der Waals surface area contributed by atoms with Gasteiger partial charge >= 0.3 is 11.9 Å². The van der Waals surface area contributed by atoms with E-state index in [1.165, 1.54) is 0 Å². The molecule has 1 rings (SSSR count). The van der Waals surface area contributed by atoms with Gasteiger partial charge in [-0.1, -0.05) is 24.3 Å². The molecule has 1 unspecified atom stereocenters. The lowest BCUT2D eigenvalue weighted by Crippen LogP contribution is -2.21. The number of benzene rings is 1. The smallest absolute Gasteiger partial charge is 0.309 e. The van der Waals surface area contributed by atoms with Gasteiger partial charge in [0, 0.05) is 18.6 Å². The van der Waals surface area contributed by atoms with Gasteiger partial charge in [-0.05, 0) is 32.3 Å². The van der Waals surface area contributed by atoms with Crippen molar-refractivity contribution in [3.8, 4) is 0 Å². The molecule has 0 aliphatic heterocycles. The molecule has 0 aromatic heterocycles. The van der Waals surface area contributed by atoms with Crippen molar-refractivity contribution in [3.05, 3.63) is 35.4 Å². The van der Waals surface area contributed by atoms with E-state index < -0.39 is 18.2 Å². The predicted octanol–water partition coefficient (Wildman–Crippen LogP) is 2.30. The summed E-state index contributed by atoms with van der Waals surface area (Å²) in [5, 5.41) is 18.5. The molecule has 0 fully saturated rings. The Kier molecular flexibility index (Phi) is 8.29. The molecule has 1 aromatic carbocycles. The van der Waals surface area contributed by atoms with Crippen LogP contribution in [0.5, 0.6) is 0 Å². The highest BCUT2D eigenvalue weighted by molar-refractivity contribution is 5.74. The molecule has 0 spiro atoms. The zero-order valence-electron chi connectivity index (χ0n) is 13.5. The van der Waals surface area contributed by atoms with Crippen molar-refractivity contribution >= 4 is 11.9 Å². The molecular weight excluding hydrogens is 300 g/mol. The van der Waals surface area contributed by atoms with Crippen LogP contribution in [0, 0.1) is 5.92 Å². The summed E-state index contributed by atoms with van der Waals surface area (Å²) in [5.41, 5.74) is 1.51. The molecule has 0 saturated carbocycles. The second-order valence-electron chi connectivity index (χ2n) is 5.13. The fourth-order valence-electron chi connectivity index (χ4n) is 2.22. The molecule has 0 amide bonds. The summed E-state index contributed by atoms with van der Waals surface area (Å²) in [5.74, 6) is -1.81. The number of ether oxygens (including phenoxy) is 2. The number of hydrogen-bond donors (Lipinski definition) is 2. The van der Waals surface area contributed by atoms with E-state index >= 15 is 0 Å². The first-order valence-electron chi connectivity index (χ1n) is 7.74. The number of esters is 1. The van der Waals surface area contributed by atoms with E-state index in [4.69, 9.17) is 14.6 Å². The number of aliphatic carboxylic acids is 1. The summed E-state index contributed by atoms with van der Waals surface area (Å²) in [6.45, 7) is 4.19. The van der Waals surface area contributed by atoms with E-state index in [0.717, 1.165) is 5.56 Å². The summed E-state index contributed by atoms with van der Waals surface area (Å²) in [6, 6.07) is 7.05. The standard InChI is InChI=1S/C17H24O6/c1-3-22-16(20)13-7-5-12(6-8-13)11-14(9-10-15(18)19)17(21)23-4-2/h5-8,14,16,20H,3-4,9-11H2,1-2H3,(H,18,19)/t14?,16-/m0/s1. The van der Waals surface area contributed by atoms with Crippen LogP contribution in [0.2, 0.25) is 0 Å². The van der Waals surface area contributed by atoms with Gasteiger partial charge in [-0.25, -0.2) is 0 Å². The van der Waals surface area contributed by atoms with Gasteiger partial charge in [0.2, 0.25) is 0 Å². The average molecular weight is 324 g/mol. The number of hydrogen-bond acceptors (Lipinski definition) is 5. The number of rotatable bonds is 10. The highest BCUT2D eigenvalue weighted by Crippen LogP contribution is 2.19. The first-order chi connectivity index (χ1) is 11.0. The number of aliphatic hydroxyl groups excluding tert-OH is 1. The van der Waals surface area contributed by atoms with Gasteiger partial charge in [0.05, 0.1) is 12.5 Å². The Morgan fingerprint density at radius 1 is 1.13 bits per heavy atom. The Bertz CT molecular complexity index is 496. The van der Waals surface area contributed by atoms with Gasteiger partial charge in [0.25, 0.3) is 0 Å². The van der Waals surface area contributed by atoms with Gasteiger partial charge in [-0.15, -0.1) is 0 Å². The first-order valence-corrected chi connectivity index (χ1v) is 7.74. The van der Waals surface area contributed by atoms with E-state index in [2.05, 4.69) is 0 Å². The van der Waals surface area contributed by atoms with Crippen molar-refractivity contribution in [2.45, 2.75) is 39.4 Å². The zero-order valence-corrected chi connectivity index (χ0v) is 13.5. The molecule has 6 heteroatoms. The monoisotopic (exact) mass is 324 g/mol. The molecule has 0 heterocycles. The molecule has 2 N–H and O–H groups in total. The molecule has 0 bridgehead atoms. The first kappa shape index (κ1) is 19.1. The lowest BCUT2D eigenvalue weighted by atomic mass is 9.94. The molecule has 6 nitrogen and oxygen atoms in total. The SMILES string of the molecule is CCOC(=O)C(CCC(=O)O)Cc1ccc([C@@H](O)OCC)cc1. The Balaban J connectivity index is 2.74. The van der Waals surface area contributed by atoms with Gasteiger partial charge in [-0.2, -0.15) is 0 Å². The third-order valence-electron chi connectivity index (χ3n) is 3.40. The summed E-state index contributed by atoms with van der Waals surface area (Å²) < 4.78 is 10.1. The van der Waals surface area contributed by atoms with Gasteiger partial charge in [0.1, 0.15) is 0 Å². The van der Waals surface area contributed by atoms with Gasteiger partial charge in [-0.3, -0.25) is 9.59 Å². The van der Waals surface area contributed by atoms with E-state index in [1.807, 2.05) is 0 Å². The number of carboxylic acid groups (broad SMARTS) is 1. The minimum Gasteiger partial charge on any atom is -0.481 e. The summed E-state index contributed by atoms with van der Waals surface area (Å²) in [6.07, 6.45) is -0.416. The van der Waals surface area contributed by atoms with Gasteiger partial charge < -0.3 is 19.7 Å². The van der Waals surface area contributed by atoms with Crippen LogP contribution in [0.3, 0.4) is 0 Å². The minimum absolute atomic E-state index is 0.0788. The Morgan fingerprint density at radius 2 is 1.78 bits per heavy atom. The van der Waals surface area contributed by atoms with Crippen molar-refractivity contribution in [2.24, 2.45) is 5.92 Å². The van der Waals surface area contributed by atoms with Crippen molar-refractivity contribution in [3.63, 3.8) is 0 Å². The number of carbonyl (C=O) groups excluding carboxylic acids is 1. The lowest BCUT2D eigenvalue weighted by Gasteiger charge is -2.16. The van der Waals surface area contributed by atoms with Crippen LogP contribution < -0.4 is 0 Å². The molecule has 0 aliphatic rings. The lowest BCUT2D eigenvalue weighted by molar-refractivity contribution is -0.148. The van der Waals surface area contributed by atoms with E-state index in [9.17, 15) is 14.7 Å². The molecule has 0 saturated heterocycles. The quantitative estimate of drug-likeness (QED) is 0.507. The fourth-order valence-corrected chi connectivity index (χ4v) is 2.22. The van der Waals surface area contributed by atoms with Crippen LogP contribution >= 0.6 is 0 Å². The maximum atomic E-state index is 11.9. The highest BCUT2D eigenvalue weighted by atomic mass is 16.6. The maximum absolute atomic E-state index is 11.9. The number of aliphatic hydroxyl groups is 1. The predicted molar refractivity (Wildman–Crippen MR) is 83.7 cm³/mol. The molecule has 2 atom stereocenters. The zero-order chi connectivity index (χ0) is 17.2. The third-order valence-corrected chi connectivity index (χ3v) is 3.40. The van der Waals surface area contributed by atoms with Crippen LogP contribution in [-0.2, 0) is 25.5 Å². The van der Waals surface area contributed by atoms with Gasteiger partial charge in [0.15, 0.2) is 6.29 Å². The second-order valence-corrected chi connectivity index (χ2v) is 5.13. The minimum atomic E-state index is -0.970. The molecule has 23 heavy (non-hydrogen) atoms. The largest absolute Gasteiger partial charge is 0.481 e. The van der Waals surface area contributed by atoms with E-state index in [0.29, 0.717) is 18.6 Å². The summed E-state index contributed by atoms with van der Waals surface area (Å²) in [7, 11) is 0. The Morgan fingerprint density at radius 3 is 2.30 bits per heavy atom. The van der Waals surface area contributed by atoms with Crippen LogP contribution in [-0.4, -0.2) is 35.4 Å². The summed E-state index contributed by atoms with van der Waals surface area (Å²) in [4.78, 5) is 22.7. The van der Waals surface area contributed by atoms with Crippen molar-refractivity contribution in [2.75, 3.05) is 13.2 Å². The average Bonchev–Trinajstić information content (AvgIpc) is 2.52. The van der Waals surface area contributed by atoms with E-state index in [-0.39, 0.29) is 25.4 Å². The molecular formula is C17H24O6. The molecule has 1 aromatic rings. The Labute approximate surface area is 136 Å².